The summed E-state index contributed by atoms with van der Waals surface area (Å²) in [4.78, 5) is 32.5. The summed E-state index contributed by atoms with van der Waals surface area (Å²) in [5.74, 6) is -0.871. The molecule has 0 N–H and O–H groups in total. The van der Waals surface area contributed by atoms with Crippen LogP contribution in [0.25, 0.3) is 11.0 Å². The normalized spacial score (nSPS) is 18.7. The number of para-hydroxylation sites is 3. The number of hydrazone groups is 1. The van der Waals surface area contributed by atoms with E-state index >= 15 is 0 Å². The van der Waals surface area contributed by atoms with Crippen molar-refractivity contribution < 1.29 is 9.59 Å². The summed E-state index contributed by atoms with van der Waals surface area (Å²) in [5.41, 5.74) is 5.65. The van der Waals surface area contributed by atoms with Gasteiger partial charge in [0, 0.05) is 23.7 Å². The van der Waals surface area contributed by atoms with Crippen LogP contribution in [0.5, 0.6) is 0 Å². The lowest BCUT2D eigenvalue weighted by Gasteiger charge is -2.30. The van der Waals surface area contributed by atoms with Gasteiger partial charge in [0.25, 0.3) is 5.91 Å². The van der Waals surface area contributed by atoms with Gasteiger partial charge in [0.2, 0.25) is 5.78 Å². The molecule has 3 aromatic carbocycles. The van der Waals surface area contributed by atoms with Crippen LogP contribution < -0.4 is 5.01 Å². The fourth-order valence-corrected chi connectivity index (χ4v) is 5.36. The average Bonchev–Trinajstić information content (AvgIpc) is 3.40. The molecule has 0 saturated carbocycles. The average molecular weight is 461 g/mol. The van der Waals surface area contributed by atoms with Gasteiger partial charge in [-0.2, -0.15) is 5.10 Å². The molecule has 3 heterocycles. The van der Waals surface area contributed by atoms with Crippen molar-refractivity contribution in [2.24, 2.45) is 11.0 Å². The highest BCUT2D eigenvalue weighted by Crippen LogP contribution is 2.42. The maximum absolute atomic E-state index is 14.0. The Morgan fingerprint density at radius 3 is 2.26 bits per heavy atom. The third kappa shape index (κ3) is 3.33. The van der Waals surface area contributed by atoms with E-state index in [9.17, 15) is 9.59 Å². The maximum atomic E-state index is 14.0. The molecule has 0 unspecified atom stereocenters. The number of imidazole rings is 1. The molecule has 6 nitrogen and oxygen atoms in total. The first-order valence-corrected chi connectivity index (χ1v) is 11.7. The van der Waals surface area contributed by atoms with Crippen molar-refractivity contribution in [2.45, 2.75) is 26.3 Å². The molecule has 2 aliphatic rings. The molecule has 1 aromatic heterocycles. The van der Waals surface area contributed by atoms with E-state index in [1.165, 1.54) is 5.01 Å². The van der Waals surface area contributed by atoms with E-state index in [-0.39, 0.29) is 11.7 Å². The lowest BCUT2D eigenvalue weighted by molar-refractivity contribution is -0.120. The van der Waals surface area contributed by atoms with Gasteiger partial charge in [-0.3, -0.25) is 9.59 Å². The molecule has 0 spiro atoms. The van der Waals surface area contributed by atoms with Gasteiger partial charge in [0.05, 0.1) is 22.6 Å². The standard InChI is InChI=1S/C29H24N4O2/c1-18-17-32-23-16-10-9-15-22(23)30-28(32)27(34)24(18)26(20-11-5-3-6-12-20)25-19(2)31-33(29(25)35)21-13-7-4-8-14-21/h3-16,25-26H,17H2,1-2H3/t25-,26-/m1/s1. The fraction of sp³-hybridized carbons (Fsp3) is 0.172. The number of rotatable bonds is 4. The second-order valence-corrected chi connectivity index (χ2v) is 9.13. The van der Waals surface area contributed by atoms with E-state index in [4.69, 9.17) is 0 Å². The summed E-state index contributed by atoms with van der Waals surface area (Å²) >= 11 is 0. The summed E-state index contributed by atoms with van der Waals surface area (Å²) in [5, 5.41) is 6.10. The predicted molar refractivity (Wildman–Crippen MR) is 136 cm³/mol. The highest BCUT2D eigenvalue weighted by molar-refractivity contribution is 6.18. The molecule has 6 rings (SSSR count). The van der Waals surface area contributed by atoms with Crippen molar-refractivity contribution in [2.75, 3.05) is 5.01 Å². The number of fused-ring (bicyclic) bond motifs is 3. The van der Waals surface area contributed by atoms with Crippen LogP contribution in [0.3, 0.4) is 0 Å². The summed E-state index contributed by atoms with van der Waals surface area (Å²) in [6, 6.07) is 27.0. The number of carbonyl (C=O) groups excluding carboxylic acids is 2. The molecular formula is C29H24N4O2. The van der Waals surface area contributed by atoms with E-state index in [0.717, 1.165) is 22.2 Å². The highest BCUT2D eigenvalue weighted by atomic mass is 16.2. The Labute approximate surface area is 203 Å². The molecule has 0 radical (unpaired) electrons. The van der Waals surface area contributed by atoms with Crippen molar-refractivity contribution in [3.63, 3.8) is 0 Å². The molecule has 0 saturated heterocycles. The monoisotopic (exact) mass is 460 g/mol. The van der Waals surface area contributed by atoms with Crippen molar-refractivity contribution in [1.29, 1.82) is 0 Å². The van der Waals surface area contributed by atoms with Crippen LogP contribution >= 0.6 is 0 Å². The van der Waals surface area contributed by atoms with Gasteiger partial charge in [-0.15, -0.1) is 0 Å². The number of anilines is 1. The molecule has 172 valence electrons. The highest BCUT2D eigenvalue weighted by Gasteiger charge is 2.45. The quantitative estimate of drug-likeness (QED) is 0.411. The lowest BCUT2D eigenvalue weighted by atomic mass is 9.74. The van der Waals surface area contributed by atoms with Crippen LogP contribution in [0.15, 0.2) is 101 Å². The Balaban J connectivity index is 1.49. The number of ketones is 1. The van der Waals surface area contributed by atoms with E-state index in [1.54, 1.807) is 0 Å². The van der Waals surface area contributed by atoms with Gasteiger partial charge < -0.3 is 4.57 Å². The van der Waals surface area contributed by atoms with E-state index in [2.05, 4.69) is 10.1 Å². The minimum atomic E-state index is -0.581. The van der Waals surface area contributed by atoms with Gasteiger partial charge in [-0.25, -0.2) is 9.99 Å². The molecule has 4 aromatic rings. The Kier molecular flexibility index (Phi) is 4.95. The molecular weight excluding hydrogens is 436 g/mol. The summed E-state index contributed by atoms with van der Waals surface area (Å²) in [7, 11) is 0. The van der Waals surface area contributed by atoms with E-state index in [1.807, 2.05) is 103 Å². The van der Waals surface area contributed by atoms with Gasteiger partial charge in [-0.05, 0) is 49.2 Å². The predicted octanol–water partition coefficient (Wildman–Crippen LogP) is 5.37. The van der Waals surface area contributed by atoms with Gasteiger partial charge in [0.1, 0.15) is 0 Å². The van der Waals surface area contributed by atoms with Crippen LogP contribution in [0.2, 0.25) is 0 Å². The second-order valence-electron chi connectivity index (χ2n) is 9.13. The molecule has 0 fully saturated rings. The first-order valence-electron chi connectivity index (χ1n) is 11.7. The number of benzene rings is 3. The van der Waals surface area contributed by atoms with Crippen molar-refractivity contribution in [3.8, 4) is 0 Å². The van der Waals surface area contributed by atoms with Gasteiger partial charge in [0.15, 0.2) is 5.82 Å². The number of amides is 1. The van der Waals surface area contributed by atoms with E-state index < -0.39 is 11.8 Å². The zero-order valence-corrected chi connectivity index (χ0v) is 19.6. The van der Waals surface area contributed by atoms with Crippen LogP contribution in [0.1, 0.15) is 35.9 Å². The zero-order valence-electron chi connectivity index (χ0n) is 19.6. The van der Waals surface area contributed by atoms with E-state index in [0.29, 0.717) is 29.3 Å². The summed E-state index contributed by atoms with van der Waals surface area (Å²) in [6.07, 6.45) is 0. The minimum absolute atomic E-state index is 0.127. The molecule has 1 amide bonds. The fourth-order valence-electron chi connectivity index (χ4n) is 5.36. The maximum Gasteiger partial charge on any atom is 0.257 e. The van der Waals surface area contributed by atoms with Crippen molar-refractivity contribution in [3.05, 3.63) is 107 Å². The third-order valence-corrected chi connectivity index (χ3v) is 6.94. The number of carbonyl (C=O) groups is 2. The number of aromatic nitrogens is 2. The molecule has 35 heavy (non-hydrogen) atoms. The van der Waals surface area contributed by atoms with Crippen molar-refractivity contribution >= 4 is 34.1 Å². The lowest BCUT2D eigenvalue weighted by Crippen LogP contribution is -2.35. The largest absolute Gasteiger partial charge is 0.317 e. The zero-order chi connectivity index (χ0) is 24.1. The summed E-state index contributed by atoms with van der Waals surface area (Å²) in [6.45, 7) is 4.42. The minimum Gasteiger partial charge on any atom is -0.317 e. The number of allylic oxidation sites excluding steroid dienone is 2. The van der Waals surface area contributed by atoms with Crippen molar-refractivity contribution in [1.82, 2.24) is 9.55 Å². The number of hydrogen-bond donors (Lipinski definition) is 0. The van der Waals surface area contributed by atoms with Crippen LogP contribution in [-0.4, -0.2) is 27.0 Å². The van der Waals surface area contributed by atoms with Crippen LogP contribution in [0.4, 0.5) is 5.69 Å². The Hall–Kier alpha value is -4.32. The molecule has 2 aliphatic heterocycles. The van der Waals surface area contributed by atoms with Gasteiger partial charge in [-0.1, -0.05) is 60.7 Å². The summed E-state index contributed by atoms with van der Waals surface area (Å²) < 4.78 is 1.98. The molecule has 6 heteroatoms. The third-order valence-electron chi connectivity index (χ3n) is 6.94. The van der Waals surface area contributed by atoms with Crippen LogP contribution in [0, 0.1) is 5.92 Å². The number of nitrogens with zero attached hydrogens (tertiary/aromatic N) is 4. The SMILES string of the molecule is CC1=NN(c2ccccc2)C(=O)[C@H]1[C@@H](C1=C(C)Cn2c(nc3ccccc32)C1=O)c1ccccc1. The Morgan fingerprint density at radius 2 is 1.51 bits per heavy atom. The number of Topliss-reactive ketones (excluding diaryl/α,β-unsaturated/α-hetero) is 1. The molecule has 0 bridgehead atoms. The van der Waals surface area contributed by atoms with Crippen LogP contribution in [-0.2, 0) is 11.3 Å². The second kappa shape index (κ2) is 8.17. The molecule has 0 aliphatic carbocycles. The first-order chi connectivity index (χ1) is 17.0. The topological polar surface area (TPSA) is 67.6 Å². The Morgan fingerprint density at radius 1 is 0.857 bits per heavy atom. The molecule has 2 atom stereocenters. The number of hydrogen-bond acceptors (Lipinski definition) is 4. The van der Waals surface area contributed by atoms with Gasteiger partial charge >= 0.3 is 0 Å². The smallest absolute Gasteiger partial charge is 0.257 e. The Bertz CT molecular complexity index is 1530. The first kappa shape index (κ1) is 21.2.